The van der Waals surface area contributed by atoms with Gasteiger partial charge in [0.05, 0.1) is 10.9 Å². The molecule has 3 aromatic rings. The summed E-state index contributed by atoms with van der Waals surface area (Å²) in [7, 11) is 0. The summed E-state index contributed by atoms with van der Waals surface area (Å²) in [5.74, 6) is 1.05. The lowest BCUT2D eigenvalue weighted by atomic mass is 10.1. The first kappa shape index (κ1) is 16.3. The van der Waals surface area contributed by atoms with Crippen LogP contribution in [0.2, 0.25) is 5.02 Å². The number of hydrogen-bond donors (Lipinski definition) is 0. The van der Waals surface area contributed by atoms with E-state index < -0.39 is 0 Å². The van der Waals surface area contributed by atoms with Gasteiger partial charge in [0, 0.05) is 30.0 Å². The standard InChI is InChI=1S/C18H16ClN3O2S/c19-15-6-2-1-5-14(15)17-20-18(24-21-17)12-10-16(23)22(11-12)8-7-13-4-3-9-25-13/h1-6,9,12H,7-8,10-11H2. The topological polar surface area (TPSA) is 59.2 Å². The predicted octanol–water partition coefficient (Wildman–Crippen LogP) is 4.01. The molecule has 1 aliphatic heterocycles. The van der Waals surface area contributed by atoms with Gasteiger partial charge in [0.1, 0.15) is 0 Å². The van der Waals surface area contributed by atoms with Crippen LogP contribution < -0.4 is 0 Å². The molecule has 1 unspecified atom stereocenters. The Balaban J connectivity index is 1.44. The van der Waals surface area contributed by atoms with Crippen molar-refractivity contribution in [1.82, 2.24) is 15.0 Å². The molecule has 2 aromatic heterocycles. The first-order valence-electron chi connectivity index (χ1n) is 8.09. The van der Waals surface area contributed by atoms with E-state index in [4.69, 9.17) is 16.1 Å². The number of amides is 1. The molecule has 1 saturated heterocycles. The number of hydrogen-bond acceptors (Lipinski definition) is 5. The van der Waals surface area contributed by atoms with Crippen LogP contribution in [-0.2, 0) is 11.2 Å². The fourth-order valence-electron chi connectivity index (χ4n) is 3.01. The van der Waals surface area contributed by atoms with E-state index in [1.54, 1.807) is 17.4 Å². The summed E-state index contributed by atoms with van der Waals surface area (Å²) in [5, 5.41) is 6.66. The van der Waals surface area contributed by atoms with Gasteiger partial charge in [-0.15, -0.1) is 11.3 Å². The molecule has 0 spiro atoms. The Bertz CT molecular complexity index is 878. The van der Waals surface area contributed by atoms with E-state index in [9.17, 15) is 4.79 Å². The first-order valence-corrected chi connectivity index (χ1v) is 9.35. The summed E-state index contributed by atoms with van der Waals surface area (Å²) in [5.41, 5.74) is 0.734. The second-order valence-electron chi connectivity index (χ2n) is 6.01. The van der Waals surface area contributed by atoms with Gasteiger partial charge in [-0.05, 0) is 30.0 Å². The molecule has 1 fully saturated rings. The van der Waals surface area contributed by atoms with Crippen molar-refractivity contribution in [3.63, 3.8) is 0 Å². The van der Waals surface area contributed by atoms with Crippen LogP contribution in [0, 0.1) is 0 Å². The summed E-state index contributed by atoms with van der Waals surface area (Å²) in [6.45, 7) is 1.34. The van der Waals surface area contributed by atoms with Gasteiger partial charge in [-0.1, -0.05) is 35.0 Å². The zero-order valence-corrected chi connectivity index (χ0v) is 15.0. The van der Waals surface area contributed by atoms with E-state index in [1.165, 1.54) is 4.88 Å². The van der Waals surface area contributed by atoms with Gasteiger partial charge in [-0.25, -0.2) is 0 Å². The largest absolute Gasteiger partial charge is 0.342 e. The third kappa shape index (κ3) is 3.45. The second kappa shape index (κ2) is 6.98. The average Bonchev–Trinajstić information content (AvgIpc) is 3.34. The number of benzene rings is 1. The number of thiophene rings is 1. The van der Waals surface area contributed by atoms with Gasteiger partial charge in [0.25, 0.3) is 0 Å². The van der Waals surface area contributed by atoms with Crippen molar-refractivity contribution in [3.8, 4) is 11.4 Å². The number of carbonyl (C=O) groups is 1. The number of nitrogens with zero attached hydrogens (tertiary/aromatic N) is 3. The maximum Gasteiger partial charge on any atom is 0.232 e. The number of rotatable bonds is 5. The smallest absolute Gasteiger partial charge is 0.232 e. The molecule has 0 N–H and O–H groups in total. The minimum atomic E-state index is -0.0560. The number of likely N-dealkylation sites (tertiary alicyclic amines) is 1. The van der Waals surface area contributed by atoms with Crippen LogP contribution in [0.25, 0.3) is 11.4 Å². The molecular weight excluding hydrogens is 358 g/mol. The summed E-state index contributed by atoms with van der Waals surface area (Å²) >= 11 is 7.90. The van der Waals surface area contributed by atoms with Crippen molar-refractivity contribution in [3.05, 3.63) is 57.6 Å². The molecule has 128 valence electrons. The normalized spacial score (nSPS) is 17.4. The highest BCUT2D eigenvalue weighted by Crippen LogP contribution is 2.30. The van der Waals surface area contributed by atoms with Crippen molar-refractivity contribution >= 4 is 28.8 Å². The van der Waals surface area contributed by atoms with Gasteiger partial charge in [0.2, 0.25) is 17.6 Å². The van der Waals surface area contributed by atoms with Crippen LogP contribution in [0.1, 0.15) is 23.1 Å². The molecule has 1 atom stereocenters. The maximum absolute atomic E-state index is 12.3. The fraction of sp³-hybridized carbons (Fsp3) is 0.278. The SMILES string of the molecule is O=C1CC(c2nc(-c3ccccc3Cl)no2)CN1CCc1cccs1. The Labute approximate surface area is 154 Å². The van der Waals surface area contributed by atoms with Gasteiger partial charge >= 0.3 is 0 Å². The Hall–Kier alpha value is -2.18. The lowest BCUT2D eigenvalue weighted by molar-refractivity contribution is -0.127. The number of halogens is 1. The molecule has 1 aromatic carbocycles. The van der Waals surface area contributed by atoms with E-state index in [0.717, 1.165) is 18.5 Å². The van der Waals surface area contributed by atoms with E-state index in [0.29, 0.717) is 29.7 Å². The molecule has 25 heavy (non-hydrogen) atoms. The fourth-order valence-corrected chi connectivity index (χ4v) is 3.93. The molecule has 1 aliphatic rings. The monoisotopic (exact) mass is 373 g/mol. The van der Waals surface area contributed by atoms with Crippen LogP contribution in [-0.4, -0.2) is 34.0 Å². The molecule has 4 rings (SSSR count). The highest BCUT2D eigenvalue weighted by atomic mass is 35.5. The molecule has 0 bridgehead atoms. The van der Waals surface area contributed by atoms with Crippen LogP contribution in [0.15, 0.2) is 46.3 Å². The Morgan fingerprint density at radius 3 is 2.96 bits per heavy atom. The van der Waals surface area contributed by atoms with Crippen LogP contribution >= 0.6 is 22.9 Å². The lowest BCUT2D eigenvalue weighted by Gasteiger charge is -2.15. The summed E-state index contributed by atoms with van der Waals surface area (Å²) in [6, 6.07) is 11.5. The first-order chi connectivity index (χ1) is 12.2. The van der Waals surface area contributed by atoms with E-state index in [-0.39, 0.29) is 11.8 Å². The van der Waals surface area contributed by atoms with E-state index >= 15 is 0 Å². The zero-order valence-electron chi connectivity index (χ0n) is 13.4. The van der Waals surface area contributed by atoms with Gasteiger partial charge in [-0.3, -0.25) is 4.79 Å². The van der Waals surface area contributed by atoms with Crippen molar-refractivity contribution in [2.75, 3.05) is 13.1 Å². The minimum absolute atomic E-state index is 0.0560. The molecule has 0 saturated carbocycles. The van der Waals surface area contributed by atoms with Crippen LogP contribution in [0.3, 0.4) is 0 Å². The lowest BCUT2D eigenvalue weighted by Crippen LogP contribution is -2.27. The Kier molecular flexibility index (Phi) is 4.55. The highest BCUT2D eigenvalue weighted by molar-refractivity contribution is 7.09. The molecule has 5 nitrogen and oxygen atoms in total. The second-order valence-corrected chi connectivity index (χ2v) is 7.45. The summed E-state index contributed by atoms with van der Waals surface area (Å²) in [4.78, 5) is 19.9. The third-order valence-electron chi connectivity index (χ3n) is 4.33. The average molecular weight is 374 g/mol. The third-order valence-corrected chi connectivity index (χ3v) is 5.59. The van der Waals surface area contributed by atoms with Crippen molar-refractivity contribution in [2.24, 2.45) is 0 Å². The van der Waals surface area contributed by atoms with E-state index in [1.807, 2.05) is 29.2 Å². The maximum atomic E-state index is 12.3. The van der Waals surface area contributed by atoms with Crippen molar-refractivity contribution < 1.29 is 9.32 Å². The van der Waals surface area contributed by atoms with Gasteiger partial charge in [0.15, 0.2) is 0 Å². The molecule has 1 amide bonds. The molecule has 0 radical (unpaired) electrons. The molecule has 7 heteroatoms. The summed E-state index contributed by atoms with van der Waals surface area (Å²) in [6.07, 6.45) is 1.29. The molecule has 0 aliphatic carbocycles. The van der Waals surface area contributed by atoms with Crippen LogP contribution in [0.5, 0.6) is 0 Å². The zero-order chi connectivity index (χ0) is 17.2. The van der Waals surface area contributed by atoms with Crippen LogP contribution in [0.4, 0.5) is 0 Å². The highest BCUT2D eigenvalue weighted by Gasteiger charge is 2.34. The van der Waals surface area contributed by atoms with Crippen molar-refractivity contribution in [2.45, 2.75) is 18.8 Å². The van der Waals surface area contributed by atoms with Gasteiger partial charge < -0.3 is 9.42 Å². The number of aromatic nitrogens is 2. The molecule has 3 heterocycles. The molecular formula is C18H16ClN3O2S. The Morgan fingerprint density at radius 1 is 1.28 bits per heavy atom. The summed E-state index contributed by atoms with van der Waals surface area (Å²) < 4.78 is 5.41. The number of carbonyl (C=O) groups excluding carboxylic acids is 1. The van der Waals surface area contributed by atoms with Crippen molar-refractivity contribution in [1.29, 1.82) is 0 Å². The quantitative estimate of drug-likeness (QED) is 0.678. The van der Waals surface area contributed by atoms with E-state index in [2.05, 4.69) is 21.6 Å². The predicted molar refractivity (Wildman–Crippen MR) is 96.7 cm³/mol. The van der Waals surface area contributed by atoms with Gasteiger partial charge in [-0.2, -0.15) is 4.98 Å². The Morgan fingerprint density at radius 2 is 2.16 bits per heavy atom. The minimum Gasteiger partial charge on any atom is -0.342 e.